The average molecular weight is 230 g/mol. The quantitative estimate of drug-likeness (QED) is 0.221. The van der Waals surface area contributed by atoms with Gasteiger partial charge in [-0.15, -0.1) is 20.2 Å². The molecule has 0 saturated heterocycles. The fourth-order valence-electron chi connectivity index (χ4n) is 0. The topological polar surface area (TPSA) is 184 Å². The van der Waals surface area contributed by atoms with Gasteiger partial charge in [0.15, 0.2) is 0 Å². The first kappa shape index (κ1) is 22.7. The molecule has 0 aromatic carbocycles. The van der Waals surface area contributed by atoms with Gasteiger partial charge in [0.05, 0.1) is 0 Å². The van der Waals surface area contributed by atoms with Crippen LogP contribution in [0.1, 0.15) is 0 Å². The number of rotatable bonds is 0. The van der Waals surface area contributed by atoms with Gasteiger partial charge in [0.25, 0.3) is 10.2 Å². The summed E-state index contributed by atoms with van der Waals surface area (Å²) >= 11 is 0. The van der Waals surface area contributed by atoms with Gasteiger partial charge in [-0.05, 0) is 0 Å². The van der Waals surface area contributed by atoms with Crippen LogP contribution in [0.15, 0.2) is 0 Å². The molecule has 0 amide bonds. The van der Waals surface area contributed by atoms with E-state index in [2.05, 4.69) is 0 Å². The van der Waals surface area contributed by atoms with Crippen molar-refractivity contribution in [1.29, 1.82) is 0 Å². The van der Waals surface area contributed by atoms with E-state index in [0.717, 1.165) is 0 Å². The second-order valence-corrected chi connectivity index (χ2v) is 0.758. The maximum atomic E-state index is 8.56. The van der Waals surface area contributed by atoms with Crippen LogP contribution in [0.25, 0.3) is 0 Å². The zero-order valence-corrected chi connectivity index (χ0v) is 5.22. The number of carbonyl (C=O) groups is 1. The monoisotopic (exact) mass is 230 g/mol. The first-order chi connectivity index (χ1) is 5.20. The number of hydrogen-bond donors (Lipinski definition) is 4. The Morgan fingerprint density at radius 2 is 1.00 bits per heavy atom. The standard InChI is InChI=1S/CH2O3.Ca.2HNO3.2H/c2-1(3)4;;2*2-1(3)4;;/h(H2,2,3,4);;2*(H,2,3,4);;. The van der Waals surface area contributed by atoms with Crippen molar-refractivity contribution in [3.8, 4) is 0 Å². The molecule has 0 aliphatic rings. The van der Waals surface area contributed by atoms with Crippen molar-refractivity contribution in [2.24, 2.45) is 0 Å². The van der Waals surface area contributed by atoms with Gasteiger partial charge in [-0.3, -0.25) is 0 Å². The molecular formula is CH6CaN2O9. The van der Waals surface area contributed by atoms with Crippen molar-refractivity contribution >= 4 is 43.9 Å². The molecule has 0 saturated carbocycles. The number of nitrogens with zero attached hydrogens (tertiary/aromatic N) is 2. The third kappa shape index (κ3) is 761. The predicted molar refractivity (Wildman–Crippen MR) is 36.8 cm³/mol. The Hall–Kier alpha value is -1.07. The third-order valence-corrected chi connectivity index (χ3v) is 0. The second kappa shape index (κ2) is 17.1. The van der Waals surface area contributed by atoms with Crippen LogP contribution in [0.4, 0.5) is 4.79 Å². The molecule has 11 nitrogen and oxygen atoms in total. The van der Waals surface area contributed by atoms with Crippen LogP contribution in [0, 0.1) is 20.2 Å². The molecular weight excluding hydrogens is 224 g/mol. The summed E-state index contributed by atoms with van der Waals surface area (Å²) in [6.45, 7) is 0. The van der Waals surface area contributed by atoms with Crippen molar-refractivity contribution in [2.75, 3.05) is 0 Å². The van der Waals surface area contributed by atoms with Crippen LogP contribution in [-0.4, -0.2) is 74.7 Å². The molecule has 76 valence electrons. The molecule has 12 heteroatoms. The molecule has 0 aliphatic heterocycles. The zero-order valence-electron chi connectivity index (χ0n) is 5.22. The Morgan fingerprint density at radius 1 is 1.00 bits per heavy atom. The molecule has 0 spiro atoms. The van der Waals surface area contributed by atoms with Gasteiger partial charge in [0.1, 0.15) is 0 Å². The summed E-state index contributed by atoms with van der Waals surface area (Å²) in [5.41, 5.74) is 0. The van der Waals surface area contributed by atoms with E-state index in [1.807, 2.05) is 0 Å². The first-order valence-electron chi connectivity index (χ1n) is 1.78. The molecule has 0 heterocycles. The van der Waals surface area contributed by atoms with Crippen molar-refractivity contribution in [2.45, 2.75) is 0 Å². The maximum absolute atomic E-state index is 8.56. The van der Waals surface area contributed by atoms with Gasteiger partial charge in [0, 0.05) is 0 Å². The average Bonchev–Trinajstić information content (AvgIpc) is 1.54. The fourth-order valence-corrected chi connectivity index (χ4v) is 0. The molecule has 0 radical (unpaired) electrons. The van der Waals surface area contributed by atoms with Crippen LogP contribution in [0.5, 0.6) is 0 Å². The number of carboxylic acid groups (broad SMARTS) is 2. The van der Waals surface area contributed by atoms with E-state index in [-0.39, 0.29) is 37.7 Å². The van der Waals surface area contributed by atoms with E-state index < -0.39 is 16.3 Å². The molecule has 0 fully saturated rings. The summed E-state index contributed by atoms with van der Waals surface area (Å²) in [4.78, 5) is 25.3. The Bertz CT molecular complexity index is 115. The summed E-state index contributed by atoms with van der Waals surface area (Å²) < 4.78 is 0. The molecule has 0 aromatic rings. The van der Waals surface area contributed by atoms with E-state index >= 15 is 0 Å². The van der Waals surface area contributed by atoms with Crippen LogP contribution in [0.2, 0.25) is 0 Å². The normalized spacial score (nSPS) is 5.54. The molecule has 0 atom stereocenters. The van der Waals surface area contributed by atoms with Crippen LogP contribution >= 0.6 is 0 Å². The Labute approximate surface area is 99.4 Å². The summed E-state index contributed by atoms with van der Waals surface area (Å²) in [7, 11) is 0. The van der Waals surface area contributed by atoms with Gasteiger partial charge in [-0.25, -0.2) is 4.79 Å². The molecule has 0 bridgehead atoms. The summed E-state index contributed by atoms with van der Waals surface area (Å²) in [6, 6.07) is 0. The van der Waals surface area contributed by atoms with Gasteiger partial charge in [-0.2, -0.15) is 0 Å². The van der Waals surface area contributed by atoms with Gasteiger partial charge in [0.2, 0.25) is 0 Å². The molecule has 0 aliphatic carbocycles. The third-order valence-electron chi connectivity index (χ3n) is 0. The minimum atomic E-state index is -1.83. The second-order valence-electron chi connectivity index (χ2n) is 0.758. The molecule has 0 unspecified atom stereocenters. The Kier molecular flexibility index (Phi) is 29.9. The van der Waals surface area contributed by atoms with E-state index in [1.54, 1.807) is 0 Å². The molecule has 4 N–H and O–H groups in total. The van der Waals surface area contributed by atoms with Crippen molar-refractivity contribution < 1.29 is 35.6 Å². The van der Waals surface area contributed by atoms with Crippen molar-refractivity contribution in [3.05, 3.63) is 20.2 Å². The SMILES string of the molecule is O=C(O)O.O=[N+]([O-])O.O=[N+]([O-])O.[CaH2]. The molecule has 0 rings (SSSR count). The van der Waals surface area contributed by atoms with E-state index in [9.17, 15) is 0 Å². The fraction of sp³-hybridized carbons (Fsp3) is 0. The summed E-state index contributed by atoms with van der Waals surface area (Å²) in [5.74, 6) is 0. The minimum absolute atomic E-state index is 0. The summed E-state index contributed by atoms with van der Waals surface area (Å²) in [6.07, 6.45) is -1.83. The van der Waals surface area contributed by atoms with Gasteiger partial charge < -0.3 is 20.6 Å². The zero-order chi connectivity index (χ0) is 10.7. The van der Waals surface area contributed by atoms with Crippen LogP contribution in [0.3, 0.4) is 0 Å². The first-order valence-corrected chi connectivity index (χ1v) is 1.78. The van der Waals surface area contributed by atoms with Gasteiger partial charge in [-0.1, -0.05) is 0 Å². The number of hydrogen-bond acceptors (Lipinski definition) is 5. The van der Waals surface area contributed by atoms with Crippen molar-refractivity contribution in [1.82, 2.24) is 0 Å². The molecule has 13 heavy (non-hydrogen) atoms. The van der Waals surface area contributed by atoms with Gasteiger partial charge >= 0.3 is 43.9 Å². The van der Waals surface area contributed by atoms with E-state index in [0.29, 0.717) is 0 Å². The predicted octanol–water partition coefficient (Wildman–Crippen LogP) is -1.39. The molecule has 0 aromatic heterocycles. The Morgan fingerprint density at radius 3 is 1.00 bits per heavy atom. The van der Waals surface area contributed by atoms with E-state index in [1.165, 1.54) is 0 Å². The Balaban J connectivity index is -0.0000000450. The van der Waals surface area contributed by atoms with Crippen LogP contribution in [-0.2, 0) is 0 Å². The van der Waals surface area contributed by atoms with Crippen LogP contribution < -0.4 is 0 Å². The van der Waals surface area contributed by atoms with E-state index in [4.69, 9.17) is 45.7 Å². The van der Waals surface area contributed by atoms with Crippen molar-refractivity contribution in [3.63, 3.8) is 0 Å². The summed E-state index contributed by atoms with van der Waals surface area (Å²) in [5, 5.41) is 41.2.